The molecule has 2 atom stereocenters. The van der Waals surface area contributed by atoms with Gasteiger partial charge in [-0.2, -0.15) is 5.26 Å². The molecule has 0 saturated heterocycles. The number of nitrogens with zero attached hydrogens (tertiary/aromatic N) is 2. The van der Waals surface area contributed by atoms with E-state index in [1.54, 1.807) is 0 Å². The Hall–Kier alpha value is -3.38. The zero-order valence-corrected chi connectivity index (χ0v) is 14.4. The van der Waals surface area contributed by atoms with Crippen LogP contribution in [0.5, 0.6) is 0 Å². The molecule has 0 aliphatic carbocycles. The molecule has 3 nitrogen and oxygen atoms in total. The van der Waals surface area contributed by atoms with Gasteiger partial charge in [0.2, 0.25) is 0 Å². The Kier molecular flexibility index (Phi) is 5.80. The lowest BCUT2D eigenvalue weighted by Crippen LogP contribution is -2.15. The SMILES string of the molecule is N#C[C@@H](c1ccccc1)[C@H](C/C(=N\O)c1ccccc1)c1ccccc1. The van der Waals surface area contributed by atoms with Crippen LogP contribution >= 0.6 is 0 Å². The van der Waals surface area contributed by atoms with Crippen molar-refractivity contribution >= 4 is 5.71 Å². The predicted molar refractivity (Wildman–Crippen MR) is 103 cm³/mol. The minimum Gasteiger partial charge on any atom is -0.411 e. The Balaban J connectivity index is 2.00. The highest BCUT2D eigenvalue weighted by Gasteiger charge is 2.27. The van der Waals surface area contributed by atoms with E-state index >= 15 is 0 Å². The fourth-order valence-corrected chi connectivity index (χ4v) is 3.24. The summed E-state index contributed by atoms with van der Waals surface area (Å²) in [7, 11) is 0. The van der Waals surface area contributed by atoms with Gasteiger partial charge in [0.1, 0.15) is 0 Å². The van der Waals surface area contributed by atoms with Crippen LogP contribution in [0.2, 0.25) is 0 Å². The van der Waals surface area contributed by atoms with Crippen LogP contribution in [0.25, 0.3) is 0 Å². The zero-order chi connectivity index (χ0) is 18.2. The molecule has 0 fully saturated rings. The van der Waals surface area contributed by atoms with Gasteiger partial charge in [0, 0.05) is 12.3 Å². The summed E-state index contributed by atoms with van der Waals surface area (Å²) < 4.78 is 0. The molecule has 0 aliphatic rings. The van der Waals surface area contributed by atoms with Crippen molar-refractivity contribution in [3.8, 4) is 6.07 Å². The molecular formula is C23H20N2O. The van der Waals surface area contributed by atoms with Gasteiger partial charge >= 0.3 is 0 Å². The molecule has 3 aromatic carbocycles. The van der Waals surface area contributed by atoms with Gasteiger partial charge in [-0.15, -0.1) is 0 Å². The maximum absolute atomic E-state index is 9.91. The van der Waals surface area contributed by atoms with Gasteiger partial charge in [-0.1, -0.05) is 96.2 Å². The normalized spacial score (nSPS) is 13.6. The Labute approximate surface area is 153 Å². The molecule has 0 unspecified atom stereocenters. The lowest BCUT2D eigenvalue weighted by atomic mass is 9.78. The second kappa shape index (κ2) is 8.64. The maximum Gasteiger partial charge on any atom is 0.0874 e. The third-order valence-electron chi connectivity index (χ3n) is 4.57. The van der Waals surface area contributed by atoms with Crippen molar-refractivity contribution in [2.75, 3.05) is 0 Å². The van der Waals surface area contributed by atoms with Crippen LogP contribution in [0.15, 0.2) is 96.2 Å². The number of hydrogen-bond acceptors (Lipinski definition) is 3. The molecule has 128 valence electrons. The Bertz CT molecular complexity index is 884. The van der Waals surface area contributed by atoms with Crippen molar-refractivity contribution in [3.05, 3.63) is 108 Å². The van der Waals surface area contributed by atoms with Crippen molar-refractivity contribution in [2.45, 2.75) is 18.3 Å². The minimum atomic E-state index is -0.334. The zero-order valence-electron chi connectivity index (χ0n) is 14.4. The maximum atomic E-state index is 9.91. The van der Waals surface area contributed by atoms with Crippen LogP contribution in [0.1, 0.15) is 34.9 Å². The Morgan fingerprint density at radius 2 is 1.31 bits per heavy atom. The van der Waals surface area contributed by atoms with E-state index in [0.717, 1.165) is 16.7 Å². The third-order valence-corrected chi connectivity index (χ3v) is 4.57. The number of nitriles is 1. The molecule has 0 saturated carbocycles. The van der Waals surface area contributed by atoms with Gasteiger partial charge in [-0.05, 0) is 16.7 Å². The fourth-order valence-electron chi connectivity index (χ4n) is 3.24. The van der Waals surface area contributed by atoms with E-state index in [-0.39, 0.29) is 11.8 Å². The van der Waals surface area contributed by atoms with Crippen LogP contribution in [-0.2, 0) is 0 Å². The quantitative estimate of drug-likeness (QED) is 0.374. The molecule has 0 bridgehead atoms. The molecule has 3 rings (SSSR count). The monoisotopic (exact) mass is 340 g/mol. The summed E-state index contributed by atoms with van der Waals surface area (Å²) in [5.74, 6) is -0.450. The summed E-state index contributed by atoms with van der Waals surface area (Å²) in [6, 6.07) is 31.8. The first kappa shape index (κ1) is 17.4. The molecule has 1 N–H and O–H groups in total. The van der Waals surface area contributed by atoms with Crippen molar-refractivity contribution in [2.24, 2.45) is 5.16 Å². The summed E-state index contributed by atoms with van der Waals surface area (Å²) >= 11 is 0. The van der Waals surface area contributed by atoms with E-state index in [9.17, 15) is 10.5 Å². The number of hydrogen-bond donors (Lipinski definition) is 1. The molecule has 3 aromatic rings. The van der Waals surface area contributed by atoms with Crippen molar-refractivity contribution in [1.82, 2.24) is 0 Å². The highest BCUT2D eigenvalue weighted by atomic mass is 16.4. The molecule has 26 heavy (non-hydrogen) atoms. The van der Waals surface area contributed by atoms with E-state index in [1.807, 2.05) is 91.0 Å². The van der Waals surface area contributed by atoms with Gasteiger partial charge in [0.15, 0.2) is 0 Å². The van der Waals surface area contributed by atoms with Crippen molar-refractivity contribution in [1.29, 1.82) is 5.26 Å². The summed E-state index contributed by atoms with van der Waals surface area (Å²) in [5.41, 5.74) is 3.46. The Morgan fingerprint density at radius 1 is 0.808 bits per heavy atom. The van der Waals surface area contributed by atoms with Gasteiger partial charge in [-0.25, -0.2) is 0 Å². The summed E-state index contributed by atoms with van der Waals surface area (Å²) in [6.45, 7) is 0. The first-order valence-corrected chi connectivity index (χ1v) is 8.59. The topological polar surface area (TPSA) is 56.4 Å². The highest BCUT2D eigenvalue weighted by molar-refractivity contribution is 6.00. The first-order valence-electron chi connectivity index (χ1n) is 8.59. The third kappa shape index (κ3) is 3.99. The van der Waals surface area contributed by atoms with E-state index in [4.69, 9.17) is 0 Å². The standard InChI is InChI=1S/C23H20N2O/c24-17-22(19-12-6-2-7-13-19)21(18-10-4-1-5-11-18)16-23(25-26)20-14-8-3-9-15-20/h1-15,21-22,26H,16H2/b25-23+/t21-,22+/m1/s1. The van der Waals surface area contributed by atoms with Crippen LogP contribution in [0.4, 0.5) is 0 Å². The molecule has 0 radical (unpaired) electrons. The predicted octanol–water partition coefficient (Wildman–Crippen LogP) is 5.35. The van der Waals surface area contributed by atoms with E-state index in [1.165, 1.54) is 0 Å². The van der Waals surface area contributed by atoms with Crippen LogP contribution < -0.4 is 0 Å². The largest absolute Gasteiger partial charge is 0.411 e. The molecule has 0 aliphatic heterocycles. The lowest BCUT2D eigenvalue weighted by molar-refractivity contribution is 0.317. The molecular weight excluding hydrogens is 320 g/mol. The van der Waals surface area contributed by atoms with Crippen molar-refractivity contribution in [3.63, 3.8) is 0 Å². The molecule has 0 heterocycles. The van der Waals surface area contributed by atoms with Crippen LogP contribution in [-0.4, -0.2) is 10.9 Å². The van der Waals surface area contributed by atoms with Crippen molar-refractivity contribution < 1.29 is 5.21 Å². The second-order valence-corrected chi connectivity index (χ2v) is 6.15. The van der Waals surface area contributed by atoms with E-state index in [2.05, 4.69) is 11.2 Å². The van der Waals surface area contributed by atoms with Crippen LogP contribution in [0.3, 0.4) is 0 Å². The fraction of sp³-hybridized carbons (Fsp3) is 0.130. The lowest BCUT2D eigenvalue weighted by Gasteiger charge is -2.23. The number of rotatable bonds is 6. The molecule has 3 heteroatoms. The molecule has 0 spiro atoms. The highest BCUT2D eigenvalue weighted by Crippen LogP contribution is 2.36. The van der Waals surface area contributed by atoms with Crippen LogP contribution in [0, 0.1) is 11.3 Å². The minimum absolute atomic E-state index is 0.116. The van der Waals surface area contributed by atoms with Gasteiger partial charge in [-0.3, -0.25) is 0 Å². The first-order chi connectivity index (χ1) is 12.8. The van der Waals surface area contributed by atoms with Gasteiger partial charge < -0.3 is 5.21 Å². The van der Waals surface area contributed by atoms with E-state index < -0.39 is 0 Å². The number of oxime groups is 1. The van der Waals surface area contributed by atoms with Gasteiger partial charge in [0.25, 0.3) is 0 Å². The van der Waals surface area contributed by atoms with E-state index in [0.29, 0.717) is 12.1 Å². The summed E-state index contributed by atoms with van der Waals surface area (Å²) in [6.07, 6.45) is 0.470. The number of benzene rings is 3. The molecule has 0 amide bonds. The summed E-state index contributed by atoms with van der Waals surface area (Å²) in [5, 5.41) is 23.1. The summed E-state index contributed by atoms with van der Waals surface area (Å²) in [4.78, 5) is 0. The Morgan fingerprint density at radius 3 is 1.81 bits per heavy atom. The second-order valence-electron chi connectivity index (χ2n) is 6.15. The smallest absolute Gasteiger partial charge is 0.0874 e. The average molecular weight is 340 g/mol. The van der Waals surface area contributed by atoms with Gasteiger partial charge in [0.05, 0.1) is 17.7 Å². The average Bonchev–Trinajstić information content (AvgIpc) is 2.73. The molecule has 0 aromatic heterocycles.